The normalized spacial score (nSPS) is 13.9. The lowest BCUT2D eigenvalue weighted by Crippen LogP contribution is -2.25. The molecule has 0 radical (unpaired) electrons. The minimum absolute atomic E-state index is 0.0659. The largest absolute Gasteiger partial charge is 0.312 e. The van der Waals surface area contributed by atoms with Crippen molar-refractivity contribution in [2.45, 2.75) is 13.3 Å². The van der Waals surface area contributed by atoms with Gasteiger partial charge in [-0.15, -0.1) is 0 Å². The Hall–Kier alpha value is -1.28. The maximum absolute atomic E-state index is 11.3. The molecule has 0 bridgehead atoms. The molecule has 1 aliphatic heterocycles. The molecule has 0 fully saturated rings. The van der Waals surface area contributed by atoms with Crippen molar-refractivity contribution in [1.82, 2.24) is 0 Å². The van der Waals surface area contributed by atoms with Gasteiger partial charge in [-0.25, -0.2) is 0 Å². The molecular weight excluding hydrogens is 210 g/mol. The fourth-order valence-corrected chi connectivity index (χ4v) is 2.15. The highest BCUT2D eigenvalue weighted by Crippen LogP contribution is 2.33. The predicted octanol–water partition coefficient (Wildman–Crippen LogP) is 2.89. The van der Waals surface area contributed by atoms with E-state index in [-0.39, 0.29) is 5.91 Å². The average molecular weight is 222 g/mol. The van der Waals surface area contributed by atoms with Gasteiger partial charge in [0.25, 0.3) is 0 Å². The molecule has 0 atom stereocenters. The number of halogens is 1. The van der Waals surface area contributed by atoms with Gasteiger partial charge < -0.3 is 4.90 Å². The number of hydrogen-bond acceptors (Lipinski definition) is 1. The molecule has 15 heavy (non-hydrogen) atoms. The van der Waals surface area contributed by atoms with Crippen LogP contribution in [0.5, 0.6) is 0 Å². The van der Waals surface area contributed by atoms with Crippen LogP contribution in [0.3, 0.4) is 0 Å². The van der Waals surface area contributed by atoms with Crippen LogP contribution in [-0.2, 0) is 11.2 Å². The summed E-state index contributed by atoms with van der Waals surface area (Å²) in [6.45, 7) is 6.03. The van der Waals surface area contributed by atoms with E-state index in [1.54, 1.807) is 17.9 Å². The van der Waals surface area contributed by atoms with Crippen molar-refractivity contribution in [1.29, 1.82) is 0 Å². The van der Waals surface area contributed by atoms with E-state index >= 15 is 0 Å². The molecule has 0 saturated carbocycles. The van der Waals surface area contributed by atoms with E-state index in [1.807, 2.05) is 12.1 Å². The number of rotatable bonds is 1. The first-order chi connectivity index (χ1) is 7.13. The van der Waals surface area contributed by atoms with Crippen LogP contribution in [0.25, 0.3) is 6.08 Å². The van der Waals surface area contributed by atoms with Gasteiger partial charge in [-0.1, -0.05) is 24.3 Å². The van der Waals surface area contributed by atoms with E-state index in [0.717, 1.165) is 24.2 Å². The van der Waals surface area contributed by atoms with Gasteiger partial charge in [0.15, 0.2) is 0 Å². The minimum Gasteiger partial charge on any atom is -0.312 e. The van der Waals surface area contributed by atoms with Gasteiger partial charge in [-0.3, -0.25) is 4.79 Å². The topological polar surface area (TPSA) is 20.3 Å². The summed E-state index contributed by atoms with van der Waals surface area (Å²) < 4.78 is 0. The number of carbonyl (C=O) groups is 1. The second-order valence-electron chi connectivity index (χ2n) is 3.63. The number of benzene rings is 1. The Labute approximate surface area is 94.2 Å². The van der Waals surface area contributed by atoms with E-state index in [4.69, 9.17) is 11.6 Å². The van der Waals surface area contributed by atoms with Crippen molar-refractivity contribution in [2.75, 3.05) is 11.4 Å². The third-order valence-corrected chi connectivity index (χ3v) is 3.02. The first-order valence-corrected chi connectivity index (χ1v) is 5.24. The predicted molar refractivity (Wildman–Crippen MR) is 63.3 cm³/mol. The third-order valence-electron chi connectivity index (χ3n) is 2.69. The van der Waals surface area contributed by atoms with Crippen molar-refractivity contribution >= 4 is 29.3 Å². The SMILES string of the molecule is C=Cc1cc2c(cc1Cl)N(C(C)=O)CC2. The van der Waals surface area contributed by atoms with E-state index in [1.165, 1.54) is 5.56 Å². The number of anilines is 1. The maximum Gasteiger partial charge on any atom is 0.223 e. The molecule has 78 valence electrons. The summed E-state index contributed by atoms with van der Waals surface area (Å²) in [5.74, 6) is 0.0659. The molecule has 1 heterocycles. The molecule has 0 saturated heterocycles. The fraction of sp³-hybridized carbons (Fsp3) is 0.250. The summed E-state index contributed by atoms with van der Waals surface area (Å²) in [7, 11) is 0. The van der Waals surface area contributed by atoms with E-state index in [2.05, 4.69) is 6.58 Å². The molecule has 2 nitrogen and oxygen atoms in total. The molecule has 1 amide bonds. The summed E-state index contributed by atoms with van der Waals surface area (Å²) >= 11 is 6.07. The third kappa shape index (κ3) is 1.65. The number of carbonyl (C=O) groups excluding carboxylic acids is 1. The van der Waals surface area contributed by atoms with Crippen molar-refractivity contribution in [3.8, 4) is 0 Å². The van der Waals surface area contributed by atoms with Gasteiger partial charge in [0.05, 0.1) is 0 Å². The van der Waals surface area contributed by atoms with E-state index in [9.17, 15) is 4.79 Å². The minimum atomic E-state index is 0.0659. The monoisotopic (exact) mass is 221 g/mol. The van der Waals surface area contributed by atoms with Crippen LogP contribution < -0.4 is 4.90 Å². The van der Waals surface area contributed by atoms with Gasteiger partial charge in [-0.2, -0.15) is 0 Å². The van der Waals surface area contributed by atoms with Crippen LogP contribution in [0.2, 0.25) is 5.02 Å². The zero-order valence-corrected chi connectivity index (χ0v) is 9.34. The molecule has 1 aromatic rings. The van der Waals surface area contributed by atoms with Crippen molar-refractivity contribution in [3.63, 3.8) is 0 Å². The Morgan fingerprint density at radius 3 is 2.93 bits per heavy atom. The molecule has 0 aromatic heterocycles. The van der Waals surface area contributed by atoms with Gasteiger partial charge in [0.2, 0.25) is 5.91 Å². The van der Waals surface area contributed by atoms with Crippen molar-refractivity contribution < 1.29 is 4.79 Å². The van der Waals surface area contributed by atoms with Crippen LogP contribution in [0.15, 0.2) is 18.7 Å². The lowest BCUT2D eigenvalue weighted by atomic mass is 10.1. The van der Waals surface area contributed by atoms with E-state index in [0.29, 0.717) is 5.02 Å². The Morgan fingerprint density at radius 2 is 2.33 bits per heavy atom. The van der Waals surface area contributed by atoms with Gasteiger partial charge in [0.1, 0.15) is 0 Å². The molecule has 0 spiro atoms. The Kier molecular flexibility index (Phi) is 2.53. The van der Waals surface area contributed by atoms with Crippen LogP contribution in [0, 0.1) is 0 Å². The number of fused-ring (bicyclic) bond motifs is 1. The second kappa shape index (κ2) is 3.70. The average Bonchev–Trinajstić information content (AvgIpc) is 2.59. The van der Waals surface area contributed by atoms with Crippen molar-refractivity contribution in [3.05, 3.63) is 34.9 Å². The highest BCUT2D eigenvalue weighted by atomic mass is 35.5. The molecule has 2 rings (SSSR count). The lowest BCUT2D eigenvalue weighted by Gasteiger charge is -2.15. The lowest BCUT2D eigenvalue weighted by molar-refractivity contribution is -0.116. The quantitative estimate of drug-likeness (QED) is 0.714. The zero-order chi connectivity index (χ0) is 11.0. The molecule has 0 unspecified atom stereocenters. The fourth-order valence-electron chi connectivity index (χ4n) is 1.91. The number of amides is 1. The Balaban J connectivity index is 2.51. The summed E-state index contributed by atoms with van der Waals surface area (Å²) in [4.78, 5) is 13.1. The van der Waals surface area contributed by atoms with Crippen LogP contribution in [-0.4, -0.2) is 12.5 Å². The van der Waals surface area contributed by atoms with Gasteiger partial charge >= 0.3 is 0 Å². The van der Waals surface area contributed by atoms with Gasteiger partial charge in [0, 0.05) is 24.2 Å². The summed E-state index contributed by atoms with van der Waals surface area (Å²) in [6, 6.07) is 3.86. The Morgan fingerprint density at radius 1 is 1.60 bits per heavy atom. The maximum atomic E-state index is 11.3. The molecular formula is C12H12ClNO. The van der Waals surface area contributed by atoms with Crippen LogP contribution in [0.4, 0.5) is 5.69 Å². The highest BCUT2D eigenvalue weighted by molar-refractivity contribution is 6.32. The second-order valence-corrected chi connectivity index (χ2v) is 4.03. The Bertz CT molecular complexity index is 439. The standard InChI is InChI=1S/C12H12ClNO/c1-3-9-6-10-4-5-14(8(2)15)12(10)7-11(9)13/h3,6-7H,1,4-5H2,2H3. The first kappa shape index (κ1) is 10.2. The van der Waals surface area contributed by atoms with Crippen LogP contribution in [0.1, 0.15) is 18.1 Å². The molecule has 3 heteroatoms. The van der Waals surface area contributed by atoms with Crippen LogP contribution >= 0.6 is 11.6 Å². The van der Waals surface area contributed by atoms with E-state index < -0.39 is 0 Å². The number of hydrogen-bond donors (Lipinski definition) is 0. The molecule has 0 aliphatic carbocycles. The van der Waals surface area contributed by atoms with Gasteiger partial charge in [-0.05, 0) is 29.7 Å². The molecule has 0 N–H and O–H groups in total. The first-order valence-electron chi connectivity index (χ1n) is 4.86. The molecule has 1 aromatic carbocycles. The number of nitrogens with zero attached hydrogens (tertiary/aromatic N) is 1. The smallest absolute Gasteiger partial charge is 0.223 e. The highest BCUT2D eigenvalue weighted by Gasteiger charge is 2.22. The molecule has 1 aliphatic rings. The summed E-state index contributed by atoms with van der Waals surface area (Å²) in [6.07, 6.45) is 2.63. The summed E-state index contributed by atoms with van der Waals surface area (Å²) in [5, 5.41) is 0.650. The summed E-state index contributed by atoms with van der Waals surface area (Å²) in [5.41, 5.74) is 3.04. The van der Waals surface area contributed by atoms with Crippen molar-refractivity contribution in [2.24, 2.45) is 0 Å². The zero-order valence-electron chi connectivity index (χ0n) is 8.59.